The maximum atomic E-state index is 12.8. The van der Waals surface area contributed by atoms with Gasteiger partial charge in [0.2, 0.25) is 0 Å². The first-order valence-corrected chi connectivity index (χ1v) is 9.24. The topological polar surface area (TPSA) is 115 Å². The van der Waals surface area contributed by atoms with Crippen molar-refractivity contribution < 1.29 is 9.53 Å². The lowest BCUT2D eigenvalue weighted by Gasteiger charge is -2.06. The lowest BCUT2D eigenvalue weighted by Crippen LogP contribution is -2.23. The van der Waals surface area contributed by atoms with E-state index >= 15 is 0 Å². The normalized spacial score (nSPS) is 11.2. The molecular weight excluding hydrogens is 400 g/mol. The van der Waals surface area contributed by atoms with Gasteiger partial charge in [-0.1, -0.05) is 18.2 Å². The summed E-state index contributed by atoms with van der Waals surface area (Å²) in [6.45, 7) is 0. The number of benzene rings is 3. The maximum Gasteiger partial charge on any atom is 0.343 e. The van der Waals surface area contributed by atoms with Crippen LogP contribution in [0, 0.1) is 0 Å². The Morgan fingerprint density at radius 2 is 1.26 bits per heavy atom. The van der Waals surface area contributed by atoms with Crippen molar-refractivity contribution in [2.75, 3.05) is 0 Å². The third-order valence-electron chi connectivity index (χ3n) is 5.06. The number of carbonyl (C=O) groups excluding carboxylic acids is 1. The van der Waals surface area contributed by atoms with Crippen molar-refractivity contribution in [1.29, 1.82) is 0 Å². The van der Waals surface area contributed by atoms with Crippen molar-refractivity contribution in [3.05, 3.63) is 114 Å². The first-order valence-electron chi connectivity index (χ1n) is 9.24. The molecule has 0 aliphatic carbocycles. The Morgan fingerprint density at radius 3 is 1.81 bits per heavy atom. The molecule has 1 N–H and O–H groups in total. The van der Waals surface area contributed by atoms with Crippen LogP contribution in [0.3, 0.4) is 0 Å². The van der Waals surface area contributed by atoms with E-state index in [4.69, 9.17) is 4.74 Å². The standard InChI is InChI=1S/C23H12N2O6/c26-19-15-10-17-18(11-16(15)20(27)24-19)22(29)25(21(17)28)13-6-8-14(9-7-13)31-23(30)12-4-2-1-3-5-12/h1-11H,(H,24,26,27). The van der Waals surface area contributed by atoms with E-state index in [-0.39, 0.29) is 33.0 Å². The maximum absolute atomic E-state index is 12.8. The minimum Gasteiger partial charge on any atom is -0.423 e. The Balaban J connectivity index is 1.56. The second kappa shape index (κ2) is 6.74. The van der Waals surface area contributed by atoms with E-state index in [0.29, 0.717) is 5.56 Å². The molecule has 5 rings (SSSR count). The molecule has 8 nitrogen and oxygen atoms in total. The summed E-state index contributed by atoms with van der Waals surface area (Å²) in [5.41, 5.74) is -1.77. The number of ether oxygens (including phenoxy) is 1. The first-order chi connectivity index (χ1) is 14.9. The first kappa shape index (κ1) is 18.4. The molecule has 2 aromatic heterocycles. The fourth-order valence-electron chi connectivity index (χ4n) is 3.54. The van der Waals surface area contributed by atoms with Crippen LogP contribution >= 0.6 is 0 Å². The van der Waals surface area contributed by atoms with Crippen LogP contribution in [0.1, 0.15) is 10.4 Å². The van der Waals surface area contributed by atoms with Crippen LogP contribution in [0.4, 0.5) is 0 Å². The zero-order valence-corrected chi connectivity index (χ0v) is 15.7. The number of H-pyrrole nitrogens is 1. The van der Waals surface area contributed by atoms with E-state index in [9.17, 15) is 24.0 Å². The largest absolute Gasteiger partial charge is 0.423 e. The van der Waals surface area contributed by atoms with Crippen LogP contribution in [0.15, 0.2) is 85.9 Å². The minimum atomic E-state index is -0.607. The molecule has 0 aliphatic rings. The van der Waals surface area contributed by atoms with Crippen molar-refractivity contribution >= 4 is 27.5 Å². The molecular formula is C23H12N2O6. The molecule has 3 aromatic carbocycles. The SMILES string of the molecule is O=C(Oc1ccc(-n2c(=O)c3cc4c(=O)[nH]c(=O)c4cc3c2=O)cc1)c1ccccc1. The Morgan fingerprint density at radius 1 is 0.710 bits per heavy atom. The number of fused-ring (bicyclic) bond motifs is 2. The van der Waals surface area contributed by atoms with Crippen molar-refractivity contribution in [3.8, 4) is 11.4 Å². The van der Waals surface area contributed by atoms with Crippen LogP contribution < -0.4 is 27.0 Å². The van der Waals surface area contributed by atoms with Gasteiger partial charge in [0.15, 0.2) is 0 Å². The number of aromatic amines is 1. The summed E-state index contributed by atoms with van der Waals surface area (Å²) < 4.78 is 6.25. The van der Waals surface area contributed by atoms with E-state index in [1.165, 1.54) is 36.4 Å². The third kappa shape index (κ3) is 2.89. The van der Waals surface area contributed by atoms with Gasteiger partial charge in [0.25, 0.3) is 22.2 Å². The molecule has 0 amide bonds. The zero-order chi connectivity index (χ0) is 21.7. The second-order valence-electron chi connectivity index (χ2n) is 6.92. The van der Waals surface area contributed by atoms with Gasteiger partial charge in [-0.2, -0.15) is 0 Å². The van der Waals surface area contributed by atoms with Crippen LogP contribution in [-0.4, -0.2) is 15.5 Å². The summed E-state index contributed by atoms with van der Waals surface area (Å²) in [7, 11) is 0. The molecule has 2 heterocycles. The smallest absolute Gasteiger partial charge is 0.343 e. The summed E-state index contributed by atoms with van der Waals surface area (Å²) in [4.78, 5) is 63.7. The summed E-state index contributed by atoms with van der Waals surface area (Å²) in [5.74, 6) is -0.290. The van der Waals surface area contributed by atoms with Gasteiger partial charge in [0, 0.05) is 0 Å². The Kier molecular flexibility index (Phi) is 4.01. The van der Waals surface area contributed by atoms with E-state index in [1.807, 2.05) is 0 Å². The van der Waals surface area contributed by atoms with E-state index in [1.54, 1.807) is 30.3 Å². The summed E-state index contributed by atoms with van der Waals surface area (Å²) in [5, 5.41) is 0.228. The van der Waals surface area contributed by atoms with Crippen LogP contribution in [0.2, 0.25) is 0 Å². The molecule has 0 atom stereocenters. The van der Waals surface area contributed by atoms with Gasteiger partial charge in [0.05, 0.1) is 32.8 Å². The van der Waals surface area contributed by atoms with Gasteiger partial charge in [-0.15, -0.1) is 0 Å². The predicted molar refractivity (Wildman–Crippen MR) is 114 cm³/mol. The van der Waals surface area contributed by atoms with Gasteiger partial charge >= 0.3 is 5.97 Å². The second-order valence-corrected chi connectivity index (χ2v) is 6.92. The molecule has 0 spiro atoms. The lowest BCUT2D eigenvalue weighted by molar-refractivity contribution is 0.0734. The van der Waals surface area contributed by atoms with E-state index in [0.717, 1.165) is 4.57 Å². The number of aromatic nitrogens is 2. The van der Waals surface area contributed by atoms with Gasteiger partial charge in [0.1, 0.15) is 5.75 Å². The minimum absolute atomic E-state index is 0.0492. The molecule has 0 saturated heterocycles. The molecule has 0 bridgehead atoms. The highest BCUT2D eigenvalue weighted by Gasteiger charge is 2.18. The average molecular weight is 412 g/mol. The predicted octanol–water partition coefficient (Wildman–Crippen LogP) is 1.65. The van der Waals surface area contributed by atoms with Gasteiger partial charge in [-0.25, -0.2) is 9.36 Å². The van der Waals surface area contributed by atoms with E-state index in [2.05, 4.69) is 4.98 Å². The van der Waals surface area contributed by atoms with Crippen molar-refractivity contribution in [1.82, 2.24) is 9.55 Å². The average Bonchev–Trinajstić information content (AvgIpc) is 3.20. The molecule has 5 aromatic rings. The molecule has 0 radical (unpaired) electrons. The van der Waals surface area contributed by atoms with E-state index < -0.39 is 28.2 Å². The molecule has 0 fully saturated rings. The Hall–Kier alpha value is -4.59. The number of esters is 1. The molecule has 0 saturated carbocycles. The van der Waals surface area contributed by atoms with Crippen LogP contribution in [-0.2, 0) is 0 Å². The quantitative estimate of drug-likeness (QED) is 0.356. The molecule has 31 heavy (non-hydrogen) atoms. The number of carbonyl (C=O) groups is 1. The van der Waals surface area contributed by atoms with Gasteiger partial charge in [-0.05, 0) is 48.5 Å². The summed E-state index contributed by atoms with van der Waals surface area (Å²) in [6.07, 6.45) is 0. The Labute approximate surface area is 172 Å². The third-order valence-corrected chi connectivity index (χ3v) is 5.06. The highest BCUT2D eigenvalue weighted by Crippen LogP contribution is 2.18. The summed E-state index contributed by atoms with van der Waals surface area (Å²) in [6, 6.07) is 16.9. The number of rotatable bonds is 3. The zero-order valence-electron chi connectivity index (χ0n) is 15.7. The monoisotopic (exact) mass is 412 g/mol. The highest BCUT2D eigenvalue weighted by molar-refractivity contribution is 5.98. The van der Waals surface area contributed by atoms with Crippen LogP contribution in [0.25, 0.3) is 27.2 Å². The number of nitrogens with one attached hydrogen (secondary N) is 1. The fourth-order valence-corrected chi connectivity index (χ4v) is 3.54. The van der Waals surface area contributed by atoms with Gasteiger partial charge in [-0.3, -0.25) is 24.2 Å². The lowest BCUT2D eigenvalue weighted by atomic mass is 10.1. The molecule has 8 heteroatoms. The molecule has 150 valence electrons. The molecule has 0 unspecified atom stereocenters. The Bertz CT molecular complexity index is 1610. The highest BCUT2D eigenvalue weighted by atomic mass is 16.5. The number of nitrogens with zero attached hydrogens (tertiary/aromatic N) is 1. The van der Waals surface area contributed by atoms with Gasteiger partial charge < -0.3 is 4.74 Å². The van der Waals surface area contributed by atoms with Crippen molar-refractivity contribution in [3.63, 3.8) is 0 Å². The number of hydrogen-bond acceptors (Lipinski definition) is 6. The fraction of sp³-hybridized carbons (Fsp3) is 0. The summed E-state index contributed by atoms with van der Waals surface area (Å²) >= 11 is 0. The number of hydrogen-bond donors (Lipinski definition) is 1. The van der Waals surface area contributed by atoms with Crippen molar-refractivity contribution in [2.24, 2.45) is 0 Å². The molecule has 0 aliphatic heterocycles. The van der Waals surface area contributed by atoms with Crippen molar-refractivity contribution in [2.45, 2.75) is 0 Å². The van der Waals surface area contributed by atoms with Crippen LogP contribution in [0.5, 0.6) is 5.75 Å².